The van der Waals surface area contributed by atoms with Gasteiger partial charge in [0.25, 0.3) is 5.91 Å². The van der Waals surface area contributed by atoms with Crippen LogP contribution in [0.25, 0.3) is 0 Å². The van der Waals surface area contributed by atoms with E-state index in [1.54, 1.807) is 25.3 Å². The van der Waals surface area contributed by atoms with Crippen LogP contribution in [0.5, 0.6) is 0 Å². The van der Waals surface area contributed by atoms with Crippen LogP contribution in [0.15, 0.2) is 18.2 Å². The van der Waals surface area contributed by atoms with Crippen molar-refractivity contribution >= 4 is 29.1 Å². The van der Waals surface area contributed by atoms with Gasteiger partial charge >= 0.3 is 0 Å². The van der Waals surface area contributed by atoms with E-state index in [-0.39, 0.29) is 11.3 Å². The summed E-state index contributed by atoms with van der Waals surface area (Å²) in [7, 11) is 1.60. The number of hydrogen-bond donors (Lipinski definition) is 1. The molecule has 1 rings (SSSR count). The first-order chi connectivity index (χ1) is 8.54. The molecule has 0 aliphatic rings. The first kappa shape index (κ1) is 15.3. The van der Waals surface area contributed by atoms with Crippen molar-refractivity contribution in [1.82, 2.24) is 5.32 Å². The van der Waals surface area contributed by atoms with Gasteiger partial charge in [-0.25, -0.2) is 0 Å². The molecule has 0 bridgehead atoms. The number of carbonyl (C=O) groups excluding carboxylic acids is 1. The number of aryl methyl sites for hydroxylation is 1. The Morgan fingerprint density at radius 2 is 2.22 bits per heavy atom. The molecule has 0 spiro atoms. The first-order valence-corrected chi connectivity index (χ1v) is 6.53. The molecule has 100 valence electrons. The molecule has 1 aromatic carbocycles. The summed E-state index contributed by atoms with van der Waals surface area (Å²) in [6.45, 7) is 2.88. The van der Waals surface area contributed by atoms with Crippen molar-refractivity contribution in [2.24, 2.45) is 0 Å². The average Bonchev–Trinajstić information content (AvgIpc) is 2.33. The number of rotatable bonds is 6. The number of methoxy groups -OCH3 is 1. The normalized spacial score (nSPS) is 12.2. The van der Waals surface area contributed by atoms with E-state index >= 15 is 0 Å². The fourth-order valence-corrected chi connectivity index (χ4v) is 1.85. The van der Waals surface area contributed by atoms with Crippen LogP contribution >= 0.6 is 23.2 Å². The average molecular weight is 290 g/mol. The maximum absolute atomic E-state index is 11.8. The number of amides is 1. The van der Waals surface area contributed by atoms with Crippen LogP contribution in [0, 0.1) is 6.92 Å². The maximum Gasteiger partial charge on any atom is 0.251 e. The van der Waals surface area contributed by atoms with E-state index in [2.05, 4.69) is 5.32 Å². The molecule has 1 unspecified atom stereocenters. The van der Waals surface area contributed by atoms with Gasteiger partial charge in [-0.3, -0.25) is 4.79 Å². The highest BCUT2D eigenvalue weighted by Crippen LogP contribution is 2.16. The van der Waals surface area contributed by atoms with Crippen LogP contribution in [0.2, 0.25) is 5.02 Å². The Bertz CT molecular complexity index is 410. The van der Waals surface area contributed by atoms with E-state index in [1.165, 1.54) is 0 Å². The summed E-state index contributed by atoms with van der Waals surface area (Å²) in [5, 5.41) is 3.39. The second kappa shape index (κ2) is 7.62. The largest absolute Gasteiger partial charge is 0.383 e. The van der Waals surface area contributed by atoms with Crippen molar-refractivity contribution in [3.63, 3.8) is 0 Å². The van der Waals surface area contributed by atoms with Crippen LogP contribution in [0.1, 0.15) is 22.3 Å². The molecule has 18 heavy (non-hydrogen) atoms. The number of hydrogen-bond acceptors (Lipinski definition) is 2. The Hall–Kier alpha value is -0.770. The third kappa shape index (κ3) is 4.84. The summed E-state index contributed by atoms with van der Waals surface area (Å²) in [6, 6.07) is 5.20. The summed E-state index contributed by atoms with van der Waals surface area (Å²) < 4.78 is 4.92. The molecular formula is C13H17Cl2NO2. The topological polar surface area (TPSA) is 38.3 Å². The molecule has 5 heteroatoms. The molecule has 0 aliphatic carbocycles. The molecule has 0 saturated heterocycles. The van der Waals surface area contributed by atoms with Crippen molar-refractivity contribution in [1.29, 1.82) is 0 Å². The van der Waals surface area contributed by atoms with Crippen molar-refractivity contribution in [2.75, 3.05) is 20.3 Å². The van der Waals surface area contributed by atoms with E-state index in [4.69, 9.17) is 27.9 Å². The van der Waals surface area contributed by atoms with E-state index in [0.29, 0.717) is 30.2 Å². The Balaban J connectivity index is 2.43. The Kier molecular flexibility index (Phi) is 6.47. The zero-order chi connectivity index (χ0) is 13.5. The molecule has 1 N–H and O–H groups in total. The molecule has 0 saturated carbocycles. The number of nitrogens with one attached hydrogen (secondary N) is 1. The molecule has 0 fully saturated rings. The van der Waals surface area contributed by atoms with Crippen LogP contribution in [-0.4, -0.2) is 31.5 Å². The zero-order valence-electron chi connectivity index (χ0n) is 10.5. The molecule has 0 aliphatic heterocycles. The number of halogens is 2. The van der Waals surface area contributed by atoms with E-state index in [0.717, 1.165) is 5.56 Å². The van der Waals surface area contributed by atoms with Crippen molar-refractivity contribution in [3.05, 3.63) is 34.3 Å². The highest BCUT2D eigenvalue weighted by molar-refractivity contribution is 6.31. The van der Waals surface area contributed by atoms with Gasteiger partial charge in [-0.1, -0.05) is 11.6 Å². The van der Waals surface area contributed by atoms with Crippen LogP contribution in [0.3, 0.4) is 0 Å². The minimum absolute atomic E-state index is 0.0812. The van der Waals surface area contributed by atoms with Crippen LogP contribution in [-0.2, 0) is 4.74 Å². The van der Waals surface area contributed by atoms with Gasteiger partial charge in [-0.2, -0.15) is 0 Å². The summed E-state index contributed by atoms with van der Waals surface area (Å²) in [5.41, 5.74) is 1.49. The third-order valence-electron chi connectivity index (χ3n) is 2.51. The molecule has 0 heterocycles. The van der Waals surface area contributed by atoms with Gasteiger partial charge in [0.15, 0.2) is 0 Å². The highest BCUT2D eigenvalue weighted by Gasteiger charge is 2.08. The molecule has 1 atom stereocenters. The minimum atomic E-state index is -0.115. The lowest BCUT2D eigenvalue weighted by molar-refractivity contribution is 0.0951. The highest BCUT2D eigenvalue weighted by atomic mass is 35.5. The van der Waals surface area contributed by atoms with E-state index < -0.39 is 0 Å². The van der Waals surface area contributed by atoms with Gasteiger partial charge in [0.1, 0.15) is 0 Å². The lowest BCUT2D eigenvalue weighted by Crippen LogP contribution is -2.27. The second-order valence-corrected chi connectivity index (χ2v) is 5.09. The molecular weight excluding hydrogens is 273 g/mol. The summed E-state index contributed by atoms with van der Waals surface area (Å²) in [4.78, 5) is 11.8. The van der Waals surface area contributed by atoms with Crippen molar-refractivity contribution in [2.45, 2.75) is 18.7 Å². The van der Waals surface area contributed by atoms with Crippen LogP contribution < -0.4 is 5.32 Å². The second-order valence-electron chi connectivity index (χ2n) is 4.06. The fourth-order valence-electron chi connectivity index (χ4n) is 1.49. The summed E-state index contributed by atoms with van der Waals surface area (Å²) >= 11 is 11.9. The number of carbonyl (C=O) groups is 1. The zero-order valence-corrected chi connectivity index (χ0v) is 12.0. The monoisotopic (exact) mass is 289 g/mol. The smallest absolute Gasteiger partial charge is 0.251 e. The predicted molar refractivity (Wildman–Crippen MR) is 74.7 cm³/mol. The molecule has 0 radical (unpaired) electrons. The Labute approximate surface area is 117 Å². The van der Waals surface area contributed by atoms with Gasteiger partial charge < -0.3 is 10.1 Å². The number of alkyl halides is 1. The van der Waals surface area contributed by atoms with Crippen molar-refractivity contribution < 1.29 is 9.53 Å². The van der Waals surface area contributed by atoms with Gasteiger partial charge in [0.05, 0.1) is 12.0 Å². The summed E-state index contributed by atoms with van der Waals surface area (Å²) in [5.74, 6) is -0.115. The molecule has 0 aromatic heterocycles. The van der Waals surface area contributed by atoms with Gasteiger partial charge in [0, 0.05) is 24.2 Å². The predicted octanol–water partition coefficient (Wildman–Crippen LogP) is 3.02. The van der Waals surface area contributed by atoms with E-state index in [1.807, 2.05) is 6.92 Å². The van der Waals surface area contributed by atoms with Crippen LogP contribution in [0.4, 0.5) is 0 Å². The standard InChI is InChI=1S/C13H17Cl2NO2/c1-9-7-10(3-4-12(9)15)13(17)16-6-5-11(14)8-18-2/h3-4,7,11H,5-6,8H2,1-2H3,(H,16,17). The molecule has 1 aromatic rings. The number of ether oxygens (including phenoxy) is 1. The Morgan fingerprint density at radius 3 is 2.83 bits per heavy atom. The third-order valence-corrected chi connectivity index (χ3v) is 3.28. The quantitative estimate of drug-likeness (QED) is 0.818. The van der Waals surface area contributed by atoms with Gasteiger partial charge in [-0.15, -0.1) is 11.6 Å². The molecule has 3 nitrogen and oxygen atoms in total. The lowest BCUT2D eigenvalue weighted by atomic mass is 10.1. The number of benzene rings is 1. The molecule has 1 amide bonds. The Morgan fingerprint density at radius 1 is 1.50 bits per heavy atom. The van der Waals surface area contributed by atoms with Crippen molar-refractivity contribution in [3.8, 4) is 0 Å². The first-order valence-electron chi connectivity index (χ1n) is 5.72. The SMILES string of the molecule is COCC(Cl)CCNC(=O)c1ccc(Cl)c(C)c1. The van der Waals surface area contributed by atoms with Gasteiger partial charge in [0.2, 0.25) is 0 Å². The summed E-state index contributed by atoms with van der Waals surface area (Å²) in [6.07, 6.45) is 0.674. The van der Waals surface area contributed by atoms with E-state index in [9.17, 15) is 4.79 Å². The lowest BCUT2D eigenvalue weighted by Gasteiger charge is -2.09. The van der Waals surface area contributed by atoms with Gasteiger partial charge in [-0.05, 0) is 37.1 Å². The maximum atomic E-state index is 11.8. The minimum Gasteiger partial charge on any atom is -0.383 e. The fraction of sp³-hybridized carbons (Fsp3) is 0.462.